The third kappa shape index (κ3) is 4.28. The predicted molar refractivity (Wildman–Crippen MR) is 105 cm³/mol. The van der Waals surface area contributed by atoms with E-state index in [-0.39, 0.29) is 12.1 Å². The molecule has 0 bridgehead atoms. The molecule has 0 spiro atoms. The predicted octanol–water partition coefficient (Wildman–Crippen LogP) is 4.34. The van der Waals surface area contributed by atoms with Gasteiger partial charge in [0.25, 0.3) is 11.8 Å². The maximum Gasteiger partial charge on any atom is 0.331 e. The standard InChI is InChI=1S/C20H13ClN2O5S/c21-12-3-6-15(7-4-12)29-17-8-5-13(28-17)10-16-18(24)22-20(26)23(19(16)25)11-14-2-1-9-27-14/h1-10H,11H2,(H,22,24,26)/b16-10+. The van der Waals surface area contributed by atoms with Crippen molar-refractivity contribution in [3.05, 3.63) is 76.9 Å². The maximum absolute atomic E-state index is 12.7. The van der Waals surface area contributed by atoms with Gasteiger partial charge in [0.05, 0.1) is 12.8 Å². The Morgan fingerprint density at radius 2 is 1.86 bits per heavy atom. The summed E-state index contributed by atoms with van der Waals surface area (Å²) in [5.41, 5.74) is -0.200. The maximum atomic E-state index is 12.7. The van der Waals surface area contributed by atoms with Crippen LogP contribution in [0.2, 0.25) is 5.02 Å². The molecule has 0 aliphatic carbocycles. The molecule has 0 unspecified atom stereocenters. The number of nitrogens with zero attached hydrogens (tertiary/aromatic N) is 1. The van der Waals surface area contributed by atoms with Crippen molar-refractivity contribution in [2.45, 2.75) is 16.5 Å². The van der Waals surface area contributed by atoms with E-state index >= 15 is 0 Å². The zero-order chi connectivity index (χ0) is 20.4. The van der Waals surface area contributed by atoms with Crippen LogP contribution in [0.1, 0.15) is 11.5 Å². The molecule has 0 saturated carbocycles. The Labute approximate surface area is 174 Å². The average Bonchev–Trinajstić information content (AvgIpc) is 3.36. The van der Waals surface area contributed by atoms with Crippen LogP contribution in [0, 0.1) is 0 Å². The van der Waals surface area contributed by atoms with Crippen LogP contribution >= 0.6 is 23.4 Å². The average molecular weight is 429 g/mol. The summed E-state index contributed by atoms with van der Waals surface area (Å²) in [6, 6.07) is 13.1. The second kappa shape index (κ2) is 8.02. The molecule has 1 aromatic carbocycles. The molecule has 3 heterocycles. The minimum absolute atomic E-state index is 0.0852. The smallest absolute Gasteiger partial charge is 0.331 e. The number of barbiturate groups is 1. The molecule has 1 aliphatic heterocycles. The van der Waals surface area contributed by atoms with Crippen LogP contribution in [0.25, 0.3) is 6.08 Å². The van der Waals surface area contributed by atoms with Crippen LogP contribution in [0.15, 0.2) is 79.2 Å². The summed E-state index contributed by atoms with van der Waals surface area (Å²) < 4.78 is 10.9. The van der Waals surface area contributed by atoms with Gasteiger partial charge in [-0.15, -0.1) is 0 Å². The van der Waals surface area contributed by atoms with E-state index in [4.69, 9.17) is 20.4 Å². The molecule has 1 aliphatic rings. The molecule has 3 aromatic rings. The third-order valence-electron chi connectivity index (χ3n) is 4.00. The third-order valence-corrected chi connectivity index (χ3v) is 5.18. The van der Waals surface area contributed by atoms with Gasteiger partial charge in [0.1, 0.15) is 17.1 Å². The van der Waals surface area contributed by atoms with Crippen molar-refractivity contribution in [1.29, 1.82) is 0 Å². The topological polar surface area (TPSA) is 92.8 Å². The minimum atomic E-state index is -0.799. The Balaban J connectivity index is 1.54. The Kier molecular flexibility index (Phi) is 5.28. The highest BCUT2D eigenvalue weighted by atomic mass is 35.5. The molecule has 1 N–H and O–H groups in total. The van der Waals surface area contributed by atoms with Gasteiger partial charge in [-0.05, 0) is 54.6 Å². The molecule has 1 saturated heterocycles. The first-order chi connectivity index (χ1) is 14.0. The zero-order valence-electron chi connectivity index (χ0n) is 14.8. The molecular weight excluding hydrogens is 416 g/mol. The van der Waals surface area contributed by atoms with Crippen LogP contribution < -0.4 is 5.32 Å². The molecule has 4 amide bonds. The van der Waals surface area contributed by atoms with E-state index in [0.717, 1.165) is 9.80 Å². The number of rotatable bonds is 5. The van der Waals surface area contributed by atoms with Crippen LogP contribution in [-0.4, -0.2) is 22.7 Å². The van der Waals surface area contributed by atoms with Crippen molar-refractivity contribution >= 4 is 47.3 Å². The number of nitrogens with one attached hydrogen (secondary N) is 1. The second-order valence-electron chi connectivity index (χ2n) is 6.00. The lowest BCUT2D eigenvalue weighted by molar-refractivity contribution is -0.130. The summed E-state index contributed by atoms with van der Waals surface area (Å²) in [5.74, 6) is -0.772. The monoisotopic (exact) mass is 428 g/mol. The van der Waals surface area contributed by atoms with Gasteiger partial charge in [-0.3, -0.25) is 19.8 Å². The minimum Gasteiger partial charge on any atom is -0.467 e. The number of urea groups is 1. The highest BCUT2D eigenvalue weighted by Gasteiger charge is 2.36. The normalized spacial score (nSPS) is 15.8. The van der Waals surface area contributed by atoms with Crippen molar-refractivity contribution in [2.24, 2.45) is 0 Å². The first-order valence-corrected chi connectivity index (χ1v) is 9.63. The number of amides is 4. The van der Waals surface area contributed by atoms with Crippen LogP contribution in [0.4, 0.5) is 4.79 Å². The first kappa shape index (κ1) is 19.1. The molecule has 4 rings (SSSR count). The number of imide groups is 2. The van der Waals surface area contributed by atoms with E-state index in [1.54, 1.807) is 36.4 Å². The number of carbonyl (C=O) groups excluding carboxylic acids is 3. The summed E-state index contributed by atoms with van der Waals surface area (Å²) >= 11 is 7.24. The van der Waals surface area contributed by atoms with Gasteiger partial charge < -0.3 is 8.83 Å². The molecule has 0 atom stereocenters. The van der Waals surface area contributed by atoms with Crippen LogP contribution in [0.5, 0.6) is 0 Å². The number of furan rings is 2. The van der Waals surface area contributed by atoms with Crippen LogP contribution in [0.3, 0.4) is 0 Å². The number of hydrogen-bond acceptors (Lipinski definition) is 6. The number of carbonyl (C=O) groups is 3. The lowest BCUT2D eigenvalue weighted by Gasteiger charge is -2.25. The quantitative estimate of drug-likeness (QED) is 0.480. The highest BCUT2D eigenvalue weighted by Crippen LogP contribution is 2.31. The van der Waals surface area contributed by atoms with E-state index < -0.39 is 17.8 Å². The van der Waals surface area contributed by atoms with Gasteiger partial charge in [-0.2, -0.15) is 0 Å². The summed E-state index contributed by atoms with van der Waals surface area (Å²) in [7, 11) is 0. The summed E-state index contributed by atoms with van der Waals surface area (Å²) in [5, 5.41) is 3.36. The molecule has 9 heteroatoms. The van der Waals surface area contributed by atoms with Crippen molar-refractivity contribution < 1.29 is 23.2 Å². The Morgan fingerprint density at radius 1 is 1.07 bits per heavy atom. The Hall–Kier alpha value is -3.23. The number of halogens is 1. The van der Waals surface area contributed by atoms with E-state index in [1.807, 2.05) is 12.1 Å². The van der Waals surface area contributed by atoms with Crippen molar-refractivity contribution in [3.63, 3.8) is 0 Å². The SMILES string of the molecule is O=C1NC(=O)N(Cc2ccco2)C(=O)/C1=C/c1ccc(Sc2ccc(Cl)cc2)o1. The van der Waals surface area contributed by atoms with E-state index in [9.17, 15) is 14.4 Å². The van der Waals surface area contributed by atoms with E-state index in [1.165, 1.54) is 24.1 Å². The molecule has 1 fully saturated rings. The fourth-order valence-corrected chi connectivity index (χ4v) is 3.53. The van der Waals surface area contributed by atoms with Gasteiger partial charge in [0, 0.05) is 9.92 Å². The summed E-state index contributed by atoms with van der Waals surface area (Å²) in [6.45, 7) is -0.0852. The van der Waals surface area contributed by atoms with E-state index in [0.29, 0.717) is 21.6 Å². The Morgan fingerprint density at radius 3 is 2.59 bits per heavy atom. The zero-order valence-corrected chi connectivity index (χ0v) is 16.3. The number of hydrogen-bond donors (Lipinski definition) is 1. The van der Waals surface area contributed by atoms with Crippen molar-refractivity contribution in [2.75, 3.05) is 0 Å². The highest BCUT2D eigenvalue weighted by molar-refractivity contribution is 7.99. The lowest BCUT2D eigenvalue weighted by atomic mass is 10.1. The van der Waals surface area contributed by atoms with Crippen molar-refractivity contribution in [3.8, 4) is 0 Å². The molecule has 146 valence electrons. The van der Waals surface area contributed by atoms with Gasteiger partial charge in [0.2, 0.25) is 0 Å². The first-order valence-electron chi connectivity index (χ1n) is 8.44. The lowest BCUT2D eigenvalue weighted by Crippen LogP contribution is -2.53. The molecule has 0 radical (unpaired) electrons. The fourth-order valence-electron chi connectivity index (χ4n) is 2.62. The fraction of sp³-hybridized carbons (Fsp3) is 0.0500. The molecule has 7 nitrogen and oxygen atoms in total. The van der Waals surface area contributed by atoms with Crippen LogP contribution in [-0.2, 0) is 16.1 Å². The van der Waals surface area contributed by atoms with Gasteiger partial charge in [0.15, 0.2) is 5.09 Å². The van der Waals surface area contributed by atoms with Gasteiger partial charge in [-0.25, -0.2) is 4.79 Å². The van der Waals surface area contributed by atoms with Gasteiger partial charge >= 0.3 is 6.03 Å². The summed E-state index contributed by atoms with van der Waals surface area (Å²) in [6.07, 6.45) is 2.75. The summed E-state index contributed by atoms with van der Waals surface area (Å²) in [4.78, 5) is 38.7. The molecule has 29 heavy (non-hydrogen) atoms. The van der Waals surface area contributed by atoms with Crippen molar-refractivity contribution in [1.82, 2.24) is 10.2 Å². The largest absolute Gasteiger partial charge is 0.467 e. The van der Waals surface area contributed by atoms with Gasteiger partial charge in [-0.1, -0.05) is 23.4 Å². The number of benzene rings is 1. The second-order valence-corrected chi connectivity index (χ2v) is 7.52. The molecule has 2 aromatic heterocycles. The Bertz CT molecular complexity index is 1100. The van der Waals surface area contributed by atoms with E-state index in [2.05, 4.69) is 5.32 Å². The molecular formula is C20H13ClN2O5S.